The van der Waals surface area contributed by atoms with E-state index in [1.165, 1.54) is 4.31 Å². The molecular weight excluding hydrogens is 540 g/mol. The summed E-state index contributed by atoms with van der Waals surface area (Å²) in [5.41, 5.74) is 4.64. The van der Waals surface area contributed by atoms with Crippen molar-refractivity contribution in [2.24, 2.45) is 12.5 Å². The van der Waals surface area contributed by atoms with Gasteiger partial charge in [-0.1, -0.05) is 48.5 Å². The highest BCUT2D eigenvalue weighted by Gasteiger charge is 2.41. The number of benzene rings is 3. The standard InChI is InChI=1S/C31H36N4O5S/c1-7-23-18-35(41(38,39)27-11-9-8-10-26(27)40-23)17-22-16-21(13-12-19(22)2)28(31(4,5)30(36)37)24-14-15-25-29(20(24)3)32-33-34(25)6/h8-16,23,28H,7,17-18H2,1-6H3,(H,36,37)/t23-,28+/m1/s1. The van der Waals surface area contributed by atoms with Gasteiger partial charge in [-0.15, -0.1) is 5.10 Å². The number of carbonyl (C=O) groups is 1. The Labute approximate surface area is 240 Å². The summed E-state index contributed by atoms with van der Waals surface area (Å²) in [6, 6.07) is 16.5. The summed E-state index contributed by atoms with van der Waals surface area (Å²) in [4.78, 5) is 12.8. The zero-order chi connectivity index (χ0) is 29.7. The number of hydrogen-bond acceptors (Lipinski definition) is 6. The van der Waals surface area contributed by atoms with Gasteiger partial charge in [-0.25, -0.2) is 13.1 Å². The van der Waals surface area contributed by atoms with Crippen molar-refractivity contribution >= 4 is 27.0 Å². The summed E-state index contributed by atoms with van der Waals surface area (Å²) >= 11 is 0. The van der Waals surface area contributed by atoms with Gasteiger partial charge in [0.25, 0.3) is 0 Å². The van der Waals surface area contributed by atoms with Crippen LogP contribution in [0.5, 0.6) is 5.75 Å². The van der Waals surface area contributed by atoms with Crippen molar-refractivity contribution in [3.63, 3.8) is 0 Å². The normalized spacial score (nSPS) is 18.0. The van der Waals surface area contributed by atoms with Gasteiger partial charge < -0.3 is 9.84 Å². The molecule has 2 heterocycles. The van der Waals surface area contributed by atoms with Gasteiger partial charge >= 0.3 is 5.97 Å². The number of nitrogens with zero attached hydrogens (tertiary/aromatic N) is 4. The Morgan fingerprint density at radius 2 is 1.88 bits per heavy atom. The number of sulfonamides is 1. The average Bonchev–Trinajstić information content (AvgIpc) is 3.27. The molecule has 41 heavy (non-hydrogen) atoms. The second-order valence-corrected chi connectivity index (χ2v) is 13.3. The van der Waals surface area contributed by atoms with E-state index in [1.54, 1.807) is 42.8 Å². The summed E-state index contributed by atoms with van der Waals surface area (Å²) < 4.78 is 36.9. The average molecular weight is 577 g/mol. The Morgan fingerprint density at radius 3 is 2.59 bits per heavy atom. The molecule has 1 aliphatic heterocycles. The SMILES string of the molecule is CC[C@@H]1CN(Cc2cc([C@@H](c3ccc4c(nnn4C)c3C)C(C)(C)C(=O)O)ccc2C)S(=O)(=O)c2ccccc2O1. The van der Waals surface area contributed by atoms with Crippen LogP contribution in [0, 0.1) is 19.3 Å². The number of carboxylic acids is 1. The van der Waals surface area contributed by atoms with Gasteiger partial charge in [0.2, 0.25) is 10.0 Å². The third-order valence-corrected chi connectivity index (χ3v) is 10.2. The fraction of sp³-hybridized carbons (Fsp3) is 0.387. The first-order valence-corrected chi connectivity index (χ1v) is 15.2. The van der Waals surface area contributed by atoms with Gasteiger partial charge in [-0.05, 0) is 80.1 Å². The highest BCUT2D eigenvalue weighted by atomic mass is 32.2. The minimum absolute atomic E-state index is 0.137. The van der Waals surface area contributed by atoms with Gasteiger partial charge in [0, 0.05) is 19.5 Å². The van der Waals surface area contributed by atoms with Gasteiger partial charge in [-0.2, -0.15) is 4.31 Å². The molecule has 216 valence electrons. The summed E-state index contributed by atoms with van der Waals surface area (Å²) in [7, 11) is -2.01. The number of aromatic nitrogens is 3. The maximum atomic E-state index is 13.8. The molecule has 0 saturated heterocycles. The highest BCUT2D eigenvalue weighted by molar-refractivity contribution is 7.89. The minimum Gasteiger partial charge on any atom is -0.488 e. The van der Waals surface area contributed by atoms with Crippen molar-refractivity contribution < 1.29 is 23.1 Å². The number of ether oxygens (including phenoxy) is 1. The second-order valence-electron chi connectivity index (χ2n) is 11.4. The molecule has 0 spiro atoms. The van der Waals surface area contributed by atoms with Gasteiger partial charge in [0.1, 0.15) is 22.3 Å². The first kappa shape index (κ1) is 28.8. The number of aryl methyl sites for hydroxylation is 3. The summed E-state index contributed by atoms with van der Waals surface area (Å²) in [6.07, 6.45) is 0.357. The second kappa shape index (κ2) is 10.6. The van der Waals surface area contributed by atoms with Crippen molar-refractivity contribution in [3.05, 3.63) is 82.4 Å². The molecule has 9 nitrogen and oxygen atoms in total. The van der Waals surface area contributed by atoms with Crippen molar-refractivity contribution in [3.8, 4) is 5.75 Å². The third kappa shape index (κ3) is 4.99. The molecule has 1 aliphatic rings. The van der Waals surface area contributed by atoms with E-state index >= 15 is 0 Å². The molecule has 0 bridgehead atoms. The summed E-state index contributed by atoms with van der Waals surface area (Å²) in [6.45, 7) is 9.66. The number of aliphatic carboxylic acids is 1. The highest BCUT2D eigenvalue weighted by Crippen LogP contribution is 2.44. The van der Waals surface area contributed by atoms with Crippen LogP contribution in [0.15, 0.2) is 59.5 Å². The quantitative estimate of drug-likeness (QED) is 0.322. The number of rotatable bonds is 7. The number of hydrogen-bond donors (Lipinski definition) is 1. The molecule has 10 heteroatoms. The van der Waals surface area contributed by atoms with Gasteiger partial charge in [-0.3, -0.25) is 4.79 Å². The van der Waals surface area contributed by atoms with Crippen LogP contribution in [0.25, 0.3) is 11.0 Å². The Hall–Kier alpha value is -3.76. The van der Waals surface area contributed by atoms with E-state index in [9.17, 15) is 18.3 Å². The Bertz CT molecular complexity index is 1740. The molecule has 1 aromatic heterocycles. The topological polar surface area (TPSA) is 115 Å². The number of carboxylic acid groups (broad SMARTS) is 1. The first-order valence-electron chi connectivity index (χ1n) is 13.7. The van der Waals surface area contributed by atoms with E-state index < -0.39 is 27.3 Å². The molecule has 1 N–H and O–H groups in total. The molecular formula is C31H36N4O5S. The Kier molecular flexibility index (Phi) is 7.42. The largest absolute Gasteiger partial charge is 0.488 e. The van der Waals surface area contributed by atoms with Gasteiger partial charge in [0.05, 0.1) is 17.5 Å². The zero-order valence-corrected chi connectivity index (χ0v) is 25.1. The fourth-order valence-electron chi connectivity index (χ4n) is 5.71. The Balaban J connectivity index is 1.62. The third-order valence-electron chi connectivity index (χ3n) is 8.34. The van der Waals surface area contributed by atoms with Crippen LogP contribution < -0.4 is 4.74 Å². The Morgan fingerprint density at radius 1 is 1.15 bits per heavy atom. The monoisotopic (exact) mass is 576 g/mol. The fourth-order valence-corrected chi connectivity index (χ4v) is 7.28. The molecule has 2 atom stereocenters. The molecule has 4 aromatic rings. The predicted octanol–water partition coefficient (Wildman–Crippen LogP) is 5.19. The van der Waals surface area contributed by atoms with Crippen molar-refractivity contribution in [2.75, 3.05) is 6.54 Å². The lowest BCUT2D eigenvalue weighted by Crippen LogP contribution is -2.36. The maximum Gasteiger partial charge on any atom is 0.310 e. The van der Waals surface area contributed by atoms with Crippen LogP contribution in [-0.2, 0) is 28.4 Å². The van der Waals surface area contributed by atoms with Crippen molar-refractivity contribution in [1.82, 2.24) is 19.3 Å². The maximum absolute atomic E-state index is 13.8. The zero-order valence-electron chi connectivity index (χ0n) is 24.2. The molecule has 3 aromatic carbocycles. The summed E-state index contributed by atoms with van der Waals surface area (Å²) in [5, 5.41) is 18.8. The summed E-state index contributed by atoms with van der Waals surface area (Å²) in [5.74, 6) is -1.10. The molecule has 0 saturated carbocycles. The number of fused-ring (bicyclic) bond motifs is 2. The van der Waals surface area contributed by atoms with Crippen LogP contribution in [0.3, 0.4) is 0 Å². The lowest BCUT2D eigenvalue weighted by Gasteiger charge is -2.33. The molecule has 0 aliphatic carbocycles. The van der Waals surface area contributed by atoms with Crippen molar-refractivity contribution in [2.45, 2.75) is 64.5 Å². The van der Waals surface area contributed by atoms with Crippen LogP contribution in [0.2, 0.25) is 0 Å². The van der Waals surface area contributed by atoms with E-state index in [4.69, 9.17) is 4.74 Å². The van der Waals surface area contributed by atoms with E-state index in [0.29, 0.717) is 12.2 Å². The van der Waals surface area contributed by atoms with E-state index in [1.807, 2.05) is 58.2 Å². The molecule has 0 amide bonds. The van der Waals surface area contributed by atoms with E-state index in [2.05, 4.69) is 10.3 Å². The lowest BCUT2D eigenvalue weighted by molar-refractivity contribution is -0.147. The molecule has 5 rings (SSSR count). The predicted molar refractivity (Wildman–Crippen MR) is 156 cm³/mol. The van der Waals surface area contributed by atoms with E-state index in [-0.39, 0.29) is 24.1 Å². The molecule has 0 fully saturated rings. The molecule has 0 radical (unpaired) electrons. The first-order chi connectivity index (χ1) is 19.4. The minimum atomic E-state index is -3.84. The lowest BCUT2D eigenvalue weighted by atomic mass is 9.69. The van der Waals surface area contributed by atoms with Crippen molar-refractivity contribution in [1.29, 1.82) is 0 Å². The van der Waals surface area contributed by atoms with Gasteiger partial charge in [0.15, 0.2) is 0 Å². The van der Waals surface area contributed by atoms with E-state index in [0.717, 1.165) is 38.9 Å². The van der Waals surface area contributed by atoms with Crippen LogP contribution in [-0.4, -0.2) is 51.4 Å². The van der Waals surface area contributed by atoms with Crippen LogP contribution in [0.4, 0.5) is 0 Å². The molecule has 0 unspecified atom stereocenters. The van der Waals surface area contributed by atoms with Crippen LogP contribution >= 0.6 is 0 Å². The van der Waals surface area contributed by atoms with Crippen LogP contribution in [0.1, 0.15) is 60.9 Å². The smallest absolute Gasteiger partial charge is 0.310 e. The number of para-hydroxylation sites is 1.